The molecule has 0 aliphatic carbocycles. The van der Waals surface area contributed by atoms with E-state index >= 15 is 0 Å². The maximum absolute atomic E-state index is 5.81. The van der Waals surface area contributed by atoms with Gasteiger partial charge < -0.3 is 15.5 Å². The molecule has 4 heteroatoms. The third-order valence-electron chi connectivity index (χ3n) is 2.88. The fourth-order valence-corrected chi connectivity index (χ4v) is 1.91. The average molecular weight is 253 g/mol. The topological polar surface area (TPSA) is 63.9 Å². The summed E-state index contributed by atoms with van der Waals surface area (Å²) in [5.74, 6) is 2.37. The van der Waals surface area contributed by atoms with Crippen LogP contribution in [0.4, 0.5) is 0 Å². The van der Waals surface area contributed by atoms with Crippen LogP contribution in [0.3, 0.4) is 0 Å². The molecule has 0 unspecified atom stereocenters. The molecule has 0 bridgehead atoms. The number of fused-ring (bicyclic) bond motifs is 1. The quantitative estimate of drug-likeness (QED) is 0.752. The lowest BCUT2D eigenvalue weighted by Crippen LogP contribution is -2.06. The summed E-state index contributed by atoms with van der Waals surface area (Å²) in [6, 6.07) is 15.3. The Bertz CT molecular complexity index is 689. The Balaban J connectivity index is 1.93. The summed E-state index contributed by atoms with van der Waals surface area (Å²) in [5.41, 5.74) is 7.64. The van der Waals surface area contributed by atoms with Gasteiger partial charge in [0.05, 0.1) is 17.1 Å². The Labute approximate surface area is 111 Å². The van der Waals surface area contributed by atoms with E-state index in [0.29, 0.717) is 0 Å². The number of nitrogens with one attached hydrogen (secondary N) is 1. The van der Waals surface area contributed by atoms with Gasteiger partial charge >= 0.3 is 0 Å². The number of H-pyrrole nitrogens is 1. The highest BCUT2D eigenvalue weighted by Gasteiger charge is 2.07. The number of aromatic amines is 1. The molecular formula is C15H15N3O. The van der Waals surface area contributed by atoms with E-state index < -0.39 is 0 Å². The van der Waals surface area contributed by atoms with Crippen molar-refractivity contribution in [3.05, 3.63) is 54.4 Å². The Morgan fingerprint density at radius 1 is 1.11 bits per heavy atom. The van der Waals surface area contributed by atoms with Crippen LogP contribution in [-0.2, 0) is 0 Å². The predicted octanol–water partition coefficient (Wildman–Crippen LogP) is 3.37. The Hall–Kier alpha value is -2.33. The van der Waals surface area contributed by atoms with Gasteiger partial charge in [0.2, 0.25) is 0 Å². The molecule has 4 nitrogen and oxygen atoms in total. The molecule has 3 rings (SSSR count). The molecule has 0 radical (unpaired) electrons. The zero-order valence-corrected chi connectivity index (χ0v) is 10.6. The van der Waals surface area contributed by atoms with E-state index in [2.05, 4.69) is 9.97 Å². The molecule has 0 saturated heterocycles. The normalized spacial score (nSPS) is 12.5. The minimum Gasteiger partial charge on any atom is -0.457 e. The number of hydrogen-bond donors (Lipinski definition) is 2. The van der Waals surface area contributed by atoms with Crippen LogP contribution in [0.1, 0.15) is 18.8 Å². The second-order valence-corrected chi connectivity index (χ2v) is 4.50. The van der Waals surface area contributed by atoms with E-state index in [9.17, 15) is 0 Å². The minimum atomic E-state index is -0.106. The number of aromatic nitrogens is 2. The van der Waals surface area contributed by atoms with Crippen LogP contribution in [0.2, 0.25) is 0 Å². The number of benzene rings is 2. The van der Waals surface area contributed by atoms with Crippen molar-refractivity contribution in [3.8, 4) is 11.5 Å². The molecule has 0 saturated carbocycles. The molecule has 2 aromatic carbocycles. The molecular weight excluding hydrogens is 238 g/mol. The third-order valence-corrected chi connectivity index (χ3v) is 2.88. The van der Waals surface area contributed by atoms with Crippen molar-refractivity contribution >= 4 is 11.0 Å². The van der Waals surface area contributed by atoms with E-state index in [4.69, 9.17) is 10.5 Å². The number of hydrogen-bond acceptors (Lipinski definition) is 3. The van der Waals surface area contributed by atoms with Gasteiger partial charge in [-0.25, -0.2) is 4.98 Å². The fraction of sp³-hybridized carbons (Fsp3) is 0.133. The number of nitrogens with two attached hydrogens (primary N) is 1. The fourth-order valence-electron chi connectivity index (χ4n) is 1.91. The molecule has 1 aromatic heterocycles. The number of nitrogens with zero attached hydrogens (tertiary/aromatic N) is 1. The van der Waals surface area contributed by atoms with Gasteiger partial charge in [0.15, 0.2) is 0 Å². The highest BCUT2D eigenvalue weighted by molar-refractivity contribution is 5.77. The van der Waals surface area contributed by atoms with Crippen molar-refractivity contribution < 1.29 is 4.74 Å². The Kier molecular flexibility index (Phi) is 2.93. The molecule has 0 spiro atoms. The molecule has 96 valence electrons. The average Bonchev–Trinajstić information content (AvgIpc) is 2.83. The van der Waals surface area contributed by atoms with Crippen LogP contribution in [0.15, 0.2) is 48.5 Å². The maximum Gasteiger partial charge on any atom is 0.129 e. The summed E-state index contributed by atoms with van der Waals surface area (Å²) < 4.78 is 5.78. The van der Waals surface area contributed by atoms with Crippen LogP contribution in [0, 0.1) is 0 Å². The van der Waals surface area contributed by atoms with Crippen LogP contribution in [0.25, 0.3) is 11.0 Å². The van der Waals surface area contributed by atoms with E-state index in [-0.39, 0.29) is 6.04 Å². The zero-order valence-electron chi connectivity index (χ0n) is 10.6. The van der Waals surface area contributed by atoms with Gasteiger partial charge in [-0.2, -0.15) is 0 Å². The molecule has 0 amide bonds. The summed E-state index contributed by atoms with van der Waals surface area (Å²) in [6.45, 7) is 1.90. The molecule has 19 heavy (non-hydrogen) atoms. The molecule has 3 N–H and O–H groups in total. The molecule has 0 aliphatic heterocycles. The van der Waals surface area contributed by atoms with Gasteiger partial charge in [-0.05, 0) is 31.2 Å². The van der Waals surface area contributed by atoms with E-state index in [1.54, 1.807) is 0 Å². The lowest BCUT2D eigenvalue weighted by molar-refractivity contribution is 0.483. The van der Waals surface area contributed by atoms with Crippen molar-refractivity contribution in [1.29, 1.82) is 0 Å². The van der Waals surface area contributed by atoms with Crippen LogP contribution in [-0.4, -0.2) is 9.97 Å². The first kappa shape index (κ1) is 11.7. The first-order valence-electron chi connectivity index (χ1n) is 6.20. The van der Waals surface area contributed by atoms with Gasteiger partial charge in [0.1, 0.15) is 17.3 Å². The second kappa shape index (κ2) is 4.74. The van der Waals surface area contributed by atoms with Crippen LogP contribution >= 0.6 is 0 Å². The lowest BCUT2D eigenvalue weighted by Gasteiger charge is -2.04. The Morgan fingerprint density at radius 3 is 2.63 bits per heavy atom. The summed E-state index contributed by atoms with van der Waals surface area (Å²) in [6.07, 6.45) is 0. The first-order chi connectivity index (χ1) is 9.22. The highest BCUT2D eigenvalue weighted by atomic mass is 16.5. The summed E-state index contributed by atoms with van der Waals surface area (Å²) in [7, 11) is 0. The molecule has 1 atom stereocenters. The number of rotatable bonds is 3. The second-order valence-electron chi connectivity index (χ2n) is 4.50. The first-order valence-corrected chi connectivity index (χ1v) is 6.20. The number of imidazole rings is 1. The van der Waals surface area contributed by atoms with Crippen molar-refractivity contribution in [2.75, 3.05) is 0 Å². The van der Waals surface area contributed by atoms with E-state index in [1.165, 1.54) is 0 Å². The van der Waals surface area contributed by atoms with E-state index in [1.807, 2.05) is 55.5 Å². The summed E-state index contributed by atoms with van der Waals surface area (Å²) >= 11 is 0. The standard InChI is InChI=1S/C15H15N3O/c1-10(16)15-17-13-8-7-12(9-14(13)18-15)19-11-5-3-2-4-6-11/h2-10H,16H2,1H3,(H,17,18)/t10-/m0/s1. The number of ether oxygens (including phenoxy) is 1. The SMILES string of the molecule is C[C@H](N)c1nc2ccc(Oc3ccccc3)cc2[nH]1. The maximum atomic E-state index is 5.81. The van der Waals surface area contributed by atoms with Gasteiger partial charge in [-0.15, -0.1) is 0 Å². The molecule has 1 heterocycles. The summed E-state index contributed by atoms with van der Waals surface area (Å²) in [5, 5.41) is 0. The predicted molar refractivity (Wildman–Crippen MR) is 75.2 cm³/mol. The van der Waals surface area contributed by atoms with Crippen molar-refractivity contribution in [2.45, 2.75) is 13.0 Å². The summed E-state index contributed by atoms with van der Waals surface area (Å²) in [4.78, 5) is 7.63. The monoisotopic (exact) mass is 253 g/mol. The van der Waals surface area contributed by atoms with Gasteiger partial charge in [0.25, 0.3) is 0 Å². The van der Waals surface area contributed by atoms with Crippen LogP contribution in [0.5, 0.6) is 11.5 Å². The van der Waals surface area contributed by atoms with Crippen molar-refractivity contribution in [3.63, 3.8) is 0 Å². The molecule has 0 aliphatic rings. The van der Waals surface area contributed by atoms with Crippen molar-refractivity contribution in [1.82, 2.24) is 9.97 Å². The van der Waals surface area contributed by atoms with Gasteiger partial charge in [-0.1, -0.05) is 18.2 Å². The number of para-hydroxylation sites is 1. The van der Waals surface area contributed by atoms with Crippen molar-refractivity contribution in [2.24, 2.45) is 5.73 Å². The van der Waals surface area contributed by atoms with E-state index in [0.717, 1.165) is 28.4 Å². The van der Waals surface area contributed by atoms with Gasteiger partial charge in [-0.3, -0.25) is 0 Å². The smallest absolute Gasteiger partial charge is 0.129 e. The minimum absolute atomic E-state index is 0.106. The molecule has 0 fully saturated rings. The molecule has 3 aromatic rings. The third kappa shape index (κ3) is 2.44. The lowest BCUT2D eigenvalue weighted by atomic mass is 10.3. The van der Waals surface area contributed by atoms with Gasteiger partial charge in [0, 0.05) is 6.07 Å². The largest absolute Gasteiger partial charge is 0.457 e. The van der Waals surface area contributed by atoms with Crippen LogP contribution < -0.4 is 10.5 Å². The Morgan fingerprint density at radius 2 is 1.89 bits per heavy atom. The zero-order chi connectivity index (χ0) is 13.2. The highest BCUT2D eigenvalue weighted by Crippen LogP contribution is 2.25.